The summed E-state index contributed by atoms with van der Waals surface area (Å²) in [5, 5.41) is 6.57. The number of hydrogen-bond donors (Lipinski definition) is 1. The second-order valence-corrected chi connectivity index (χ2v) is 6.15. The van der Waals surface area contributed by atoms with E-state index < -0.39 is 0 Å². The molecule has 0 aliphatic rings. The van der Waals surface area contributed by atoms with Gasteiger partial charge < -0.3 is 5.32 Å². The second-order valence-electron chi connectivity index (χ2n) is 5.29. The number of aromatic nitrogens is 1. The summed E-state index contributed by atoms with van der Waals surface area (Å²) in [6.07, 6.45) is 0. The maximum atomic E-state index is 4.42. The Kier molecular flexibility index (Phi) is 2.91. The van der Waals surface area contributed by atoms with Crippen molar-refractivity contribution < 1.29 is 0 Å². The maximum absolute atomic E-state index is 4.42. The molecular weight excluding hydrogens is 192 g/mol. The molecule has 3 heteroatoms. The third-order valence-corrected chi connectivity index (χ3v) is 3.79. The van der Waals surface area contributed by atoms with Crippen LogP contribution in [0.3, 0.4) is 0 Å². The predicted octanol–water partition coefficient (Wildman–Crippen LogP) is 3.69. The van der Waals surface area contributed by atoms with E-state index in [1.165, 1.54) is 0 Å². The summed E-state index contributed by atoms with van der Waals surface area (Å²) in [7, 11) is 0. The van der Waals surface area contributed by atoms with E-state index in [1.807, 2.05) is 6.92 Å². The van der Waals surface area contributed by atoms with Crippen molar-refractivity contribution in [3.8, 4) is 0 Å². The van der Waals surface area contributed by atoms with Crippen LogP contribution in [0.15, 0.2) is 5.38 Å². The van der Waals surface area contributed by atoms with Crippen molar-refractivity contribution in [2.24, 2.45) is 5.41 Å². The third kappa shape index (κ3) is 2.47. The van der Waals surface area contributed by atoms with E-state index in [2.05, 4.69) is 50.3 Å². The van der Waals surface area contributed by atoms with Gasteiger partial charge >= 0.3 is 0 Å². The third-order valence-electron chi connectivity index (χ3n) is 2.91. The zero-order chi connectivity index (χ0) is 11.0. The fourth-order valence-electron chi connectivity index (χ4n) is 0.866. The topological polar surface area (TPSA) is 24.9 Å². The molecule has 0 amide bonds. The fourth-order valence-corrected chi connectivity index (χ4v) is 1.71. The van der Waals surface area contributed by atoms with Crippen molar-refractivity contribution in [3.63, 3.8) is 0 Å². The number of aryl methyl sites for hydroxylation is 1. The predicted molar refractivity (Wildman–Crippen MR) is 64.0 cm³/mol. The molecule has 0 bridgehead atoms. The monoisotopic (exact) mass is 212 g/mol. The van der Waals surface area contributed by atoms with Crippen LogP contribution in [-0.4, -0.2) is 10.5 Å². The number of rotatable bonds is 2. The van der Waals surface area contributed by atoms with Gasteiger partial charge in [0.2, 0.25) is 0 Å². The highest BCUT2D eigenvalue weighted by Crippen LogP contribution is 2.33. The lowest BCUT2D eigenvalue weighted by Gasteiger charge is -2.39. The first-order valence-electron chi connectivity index (χ1n) is 4.93. The molecule has 0 unspecified atom stereocenters. The van der Waals surface area contributed by atoms with Gasteiger partial charge in [-0.15, -0.1) is 11.3 Å². The molecule has 0 atom stereocenters. The van der Waals surface area contributed by atoms with Gasteiger partial charge in [0.1, 0.15) is 0 Å². The molecule has 0 aliphatic heterocycles. The maximum Gasteiger partial charge on any atom is 0.183 e. The van der Waals surface area contributed by atoms with E-state index in [4.69, 9.17) is 0 Å². The Morgan fingerprint density at radius 2 is 1.79 bits per heavy atom. The number of nitrogens with one attached hydrogen (secondary N) is 1. The molecular formula is C11H20N2S. The highest BCUT2D eigenvalue weighted by Gasteiger charge is 2.33. The van der Waals surface area contributed by atoms with Crippen molar-refractivity contribution in [2.75, 3.05) is 5.32 Å². The molecule has 1 heterocycles. The first-order valence-corrected chi connectivity index (χ1v) is 5.81. The first kappa shape index (κ1) is 11.5. The summed E-state index contributed by atoms with van der Waals surface area (Å²) in [5.41, 5.74) is 1.35. The van der Waals surface area contributed by atoms with Crippen LogP contribution in [0.5, 0.6) is 0 Å². The van der Waals surface area contributed by atoms with Gasteiger partial charge in [0.05, 0.1) is 5.69 Å². The van der Waals surface area contributed by atoms with E-state index in [0.717, 1.165) is 10.8 Å². The number of thiazole rings is 1. The molecule has 14 heavy (non-hydrogen) atoms. The van der Waals surface area contributed by atoms with E-state index >= 15 is 0 Å². The molecule has 1 N–H and O–H groups in total. The van der Waals surface area contributed by atoms with Crippen LogP contribution in [0.25, 0.3) is 0 Å². The van der Waals surface area contributed by atoms with E-state index in [1.54, 1.807) is 11.3 Å². The normalized spacial score (nSPS) is 13.0. The minimum atomic E-state index is 0.0529. The number of anilines is 1. The Hall–Kier alpha value is -0.570. The van der Waals surface area contributed by atoms with E-state index in [0.29, 0.717) is 0 Å². The molecule has 1 aromatic heterocycles. The highest BCUT2D eigenvalue weighted by molar-refractivity contribution is 7.13. The molecule has 0 aliphatic carbocycles. The first-order chi connectivity index (χ1) is 6.22. The van der Waals surface area contributed by atoms with Crippen LogP contribution >= 0.6 is 11.3 Å². The average Bonchev–Trinajstić information content (AvgIpc) is 2.31. The summed E-state index contributed by atoms with van der Waals surface area (Å²) in [6.45, 7) is 13.2. The smallest absolute Gasteiger partial charge is 0.183 e. The quantitative estimate of drug-likeness (QED) is 0.808. The lowest BCUT2D eigenvalue weighted by Crippen LogP contribution is -2.44. The van der Waals surface area contributed by atoms with E-state index in [-0.39, 0.29) is 11.0 Å². The molecule has 0 spiro atoms. The van der Waals surface area contributed by atoms with Crippen LogP contribution in [0.4, 0.5) is 5.13 Å². The number of nitrogens with zero attached hydrogens (tertiary/aromatic N) is 1. The van der Waals surface area contributed by atoms with Crippen LogP contribution < -0.4 is 5.32 Å². The van der Waals surface area contributed by atoms with Crippen LogP contribution in [0.1, 0.15) is 40.3 Å². The Morgan fingerprint density at radius 1 is 1.21 bits per heavy atom. The molecule has 2 nitrogen and oxygen atoms in total. The molecule has 0 radical (unpaired) electrons. The van der Waals surface area contributed by atoms with Gasteiger partial charge in [-0.05, 0) is 26.2 Å². The zero-order valence-corrected chi connectivity index (χ0v) is 10.7. The van der Waals surface area contributed by atoms with Gasteiger partial charge in [-0.1, -0.05) is 20.8 Å². The van der Waals surface area contributed by atoms with Crippen molar-refractivity contribution in [2.45, 2.75) is 47.1 Å². The van der Waals surface area contributed by atoms with Gasteiger partial charge in [0.25, 0.3) is 0 Å². The van der Waals surface area contributed by atoms with Gasteiger partial charge in [-0.2, -0.15) is 0 Å². The summed E-state index contributed by atoms with van der Waals surface area (Å²) in [4.78, 5) is 4.42. The molecule has 0 aromatic carbocycles. The van der Waals surface area contributed by atoms with E-state index in [9.17, 15) is 0 Å². The van der Waals surface area contributed by atoms with Crippen molar-refractivity contribution >= 4 is 16.5 Å². The van der Waals surface area contributed by atoms with Crippen LogP contribution in [-0.2, 0) is 0 Å². The van der Waals surface area contributed by atoms with Crippen LogP contribution in [0.2, 0.25) is 0 Å². The molecule has 0 fully saturated rings. The minimum Gasteiger partial charge on any atom is -0.356 e. The van der Waals surface area contributed by atoms with Crippen LogP contribution in [0, 0.1) is 12.3 Å². The average molecular weight is 212 g/mol. The largest absolute Gasteiger partial charge is 0.356 e. The summed E-state index contributed by atoms with van der Waals surface area (Å²) < 4.78 is 0. The molecule has 1 aromatic rings. The lowest BCUT2D eigenvalue weighted by atomic mass is 9.76. The van der Waals surface area contributed by atoms with Gasteiger partial charge in [0, 0.05) is 10.9 Å². The minimum absolute atomic E-state index is 0.0529. The second kappa shape index (κ2) is 3.54. The standard InChI is InChI=1S/C11H20N2S/c1-8-7-14-9(12-8)13-11(5,6)10(2,3)4/h7H,1-6H3,(H,12,13). The molecule has 0 saturated heterocycles. The Morgan fingerprint density at radius 3 is 2.14 bits per heavy atom. The molecule has 80 valence electrons. The van der Waals surface area contributed by atoms with Crippen molar-refractivity contribution in [3.05, 3.63) is 11.1 Å². The van der Waals surface area contributed by atoms with Gasteiger partial charge in [0.15, 0.2) is 5.13 Å². The van der Waals surface area contributed by atoms with Gasteiger partial charge in [-0.3, -0.25) is 0 Å². The van der Waals surface area contributed by atoms with Gasteiger partial charge in [-0.25, -0.2) is 4.98 Å². The Labute approximate surface area is 90.8 Å². The lowest BCUT2D eigenvalue weighted by molar-refractivity contribution is 0.254. The summed E-state index contributed by atoms with van der Waals surface area (Å²) in [6, 6.07) is 0. The van der Waals surface area contributed by atoms with Crippen molar-refractivity contribution in [1.29, 1.82) is 0 Å². The highest BCUT2D eigenvalue weighted by atomic mass is 32.1. The zero-order valence-electron chi connectivity index (χ0n) is 9.93. The summed E-state index contributed by atoms with van der Waals surface area (Å²) in [5.74, 6) is 0. The SMILES string of the molecule is Cc1csc(NC(C)(C)C(C)(C)C)n1. The van der Waals surface area contributed by atoms with Crippen molar-refractivity contribution in [1.82, 2.24) is 4.98 Å². The fraction of sp³-hybridized carbons (Fsp3) is 0.727. The molecule has 0 saturated carbocycles. The number of hydrogen-bond acceptors (Lipinski definition) is 3. The molecule has 1 rings (SSSR count). The Bertz CT molecular complexity index is 307. The summed E-state index contributed by atoms with van der Waals surface area (Å²) >= 11 is 1.67. The Balaban J connectivity index is 2.78.